The van der Waals surface area contributed by atoms with Crippen LogP contribution in [0.3, 0.4) is 0 Å². The summed E-state index contributed by atoms with van der Waals surface area (Å²) in [4.78, 5) is 1.43. The van der Waals surface area contributed by atoms with Gasteiger partial charge < -0.3 is 0 Å². The Labute approximate surface area is 73.2 Å². The van der Waals surface area contributed by atoms with Crippen molar-refractivity contribution in [2.75, 3.05) is 5.75 Å². The standard InChI is InChI=1S/C8H7BrS/c1-5-2-6-7(9)4-10-8(6)3-5/h2-3H,4H2,1H3. The van der Waals surface area contributed by atoms with Crippen LogP contribution in [0.1, 0.15) is 6.92 Å². The molecule has 0 saturated heterocycles. The largest absolute Gasteiger partial charge is 0.120 e. The van der Waals surface area contributed by atoms with Gasteiger partial charge in [0.25, 0.3) is 0 Å². The molecule has 10 heavy (non-hydrogen) atoms. The van der Waals surface area contributed by atoms with Crippen molar-refractivity contribution in [3.05, 3.63) is 32.7 Å². The molecule has 1 aliphatic carbocycles. The van der Waals surface area contributed by atoms with Gasteiger partial charge in [-0.3, -0.25) is 0 Å². The summed E-state index contributed by atoms with van der Waals surface area (Å²) in [6.07, 6.45) is 4.48. The first kappa shape index (κ1) is 6.74. The summed E-state index contributed by atoms with van der Waals surface area (Å²) in [7, 11) is 0. The van der Waals surface area contributed by atoms with Gasteiger partial charge in [0.05, 0.1) is 0 Å². The van der Waals surface area contributed by atoms with Gasteiger partial charge in [0.15, 0.2) is 0 Å². The van der Waals surface area contributed by atoms with Crippen LogP contribution in [0.4, 0.5) is 0 Å². The van der Waals surface area contributed by atoms with E-state index < -0.39 is 0 Å². The van der Waals surface area contributed by atoms with E-state index >= 15 is 0 Å². The highest BCUT2D eigenvalue weighted by molar-refractivity contribution is 9.12. The first-order valence-corrected chi connectivity index (χ1v) is 4.97. The van der Waals surface area contributed by atoms with E-state index in [-0.39, 0.29) is 0 Å². The molecule has 0 aromatic carbocycles. The Bertz CT molecular complexity index is 271. The third kappa shape index (κ3) is 0.903. The van der Waals surface area contributed by atoms with Crippen LogP contribution in [0.15, 0.2) is 32.7 Å². The zero-order chi connectivity index (χ0) is 7.14. The Morgan fingerprint density at radius 2 is 2.30 bits per heavy atom. The molecule has 0 fully saturated rings. The van der Waals surface area contributed by atoms with Crippen molar-refractivity contribution < 1.29 is 0 Å². The van der Waals surface area contributed by atoms with E-state index in [1.165, 1.54) is 20.5 Å². The number of thioether (sulfide) groups is 1. The van der Waals surface area contributed by atoms with Crippen LogP contribution in [0.25, 0.3) is 0 Å². The number of hydrogen-bond donors (Lipinski definition) is 0. The van der Waals surface area contributed by atoms with Gasteiger partial charge in [0.1, 0.15) is 0 Å². The molecular formula is C8H7BrS. The fraction of sp³-hybridized carbons (Fsp3) is 0.250. The van der Waals surface area contributed by atoms with Gasteiger partial charge in [-0.25, -0.2) is 0 Å². The molecule has 2 aliphatic rings. The minimum atomic E-state index is 1.12. The number of hydrogen-bond acceptors (Lipinski definition) is 1. The zero-order valence-electron chi connectivity index (χ0n) is 5.65. The molecule has 1 heterocycles. The number of rotatable bonds is 0. The van der Waals surface area contributed by atoms with E-state index in [9.17, 15) is 0 Å². The molecule has 0 amide bonds. The Kier molecular flexibility index (Phi) is 1.53. The van der Waals surface area contributed by atoms with Crippen LogP contribution >= 0.6 is 27.7 Å². The average molecular weight is 215 g/mol. The quantitative estimate of drug-likeness (QED) is 0.597. The van der Waals surface area contributed by atoms with Crippen molar-refractivity contribution in [2.45, 2.75) is 6.92 Å². The molecule has 0 atom stereocenters. The van der Waals surface area contributed by atoms with Crippen molar-refractivity contribution in [3.63, 3.8) is 0 Å². The van der Waals surface area contributed by atoms with Gasteiger partial charge in [0, 0.05) is 15.1 Å². The summed E-state index contributed by atoms with van der Waals surface area (Å²) >= 11 is 5.46. The Morgan fingerprint density at radius 3 is 3.00 bits per heavy atom. The molecule has 0 unspecified atom stereocenters. The Balaban J connectivity index is 2.51. The highest BCUT2D eigenvalue weighted by Crippen LogP contribution is 2.43. The smallest absolute Gasteiger partial charge is 0.0304 e. The second-order valence-electron chi connectivity index (χ2n) is 2.50. The monoisotopic (exact) mass is 214 g/mol. The lowest BCUT2D eigenvalue weighted by Crippen LogP contribution is -1.70. The molecule has 0 radical (unpaired) electrons. The normalized spacial score (nSPS) is 23.0. The zero-order valence-corrected chi connectivity index (χ0v) is 8.05. The molecule has 0 N–H and O–H groups in total. The van der Waals surface area contributed by atoms with Crippen molar-refractivity contribution in [1.82, 2.24) is 0 Å². The van der Waals surface area contributed by atoms with Crippen molar-refractivity contribution in [1.29, 1.82) is 0 Å². The molecule has 0 aromatic heterocycles. The van der Waals surface area contributed by atoms with Gasteiger partial charge in [0.2, 0.25) is 0 Å². The summed E-state index contributed by atoms with van der Waals surface area (Å²) in [5.74, 6) is 1.12. The first-order valence-electron chi connectivity index (χ1n) is 3.19. The average Bonchev–Trinajstić information content (AvgIpc) is 2.35. The van der Waals surface area contributed by atoms with Gasteiger partial charge in [-0.15, -0.1) is 11.8 Å². The van der Waals surface area contributed by atoms with Gasteiger partial charge in [-0.05, 0) is 24.1 Å². The molecule has 0 nitrogen and oxygen atoms in total. The van der Waals surface area contributed by atoms with Crippen molar-refractivity contribution >= 4 is 27.7 Å². The first-order chi connectivity index (χ1) is 4.77. The predicted octanol–water partition coefficient (Wildman–Crippen LogP) is 3.23. The minimum Gasteiger partial charge on any atom is -0.120 e. The second-order valence-corrected chi connectivity index (χ2v) is 4.48. The SMILES string of the molecule is CC1=CC2=C(Br)CSC2=C1. The van der Waals surface area contributed by atoms with Gasteiger partial charge >= 0.3 is 0 Å². The molecule has 2 heteroatoms. The fourth-order valence-corrected chi connectivity index (χ4v) is 3.02. The van der Waals surface area contributed by atoms with E-state index in [0.717, 1.165) is 5.75 Å². The molecule has 0 bridgehead atoms. The van der Waals surface area contributed by atoms with E-state index in [1.54, 1.807) is 0 Å². The van der Waals surface area contributed by atoms with E-state index in [2.05, 4.69) is 35.0 Å². The molecular weight excluding hydrogens is 208 g/mol. The maximum Gasteiger partial charge on any atom is 0.0304 e. The van der Waals surface area contributed by atoms with E-state index in [1.807, 2.05) is 11.8 Å². The Morgan fingerprint density at radius 1 is 1.50 bits per heavy atom. The molecule has 2 rings (SSSR count). The number of halogens is 1. The fourth-order valence-electron chi connectivity index (χ4n) is 1.18. The predicted molar refractivity (Wildman–Crippen MR) is 50.3 cm³/mol. The lowest BCUT2D eigenvalue weighted by atomic mass is 10.3. The minimum absolute atomic E-state index is 1.12. The highest BCUT2D eigenvalue weighted by Gasteiger charge is 2.20. The molecule has 1 aliphatic heterocycles. The molecule has 0 spiro atoms. The molecule has 0 aromatic rings. The summed E-state index contributed by atoms with van der Waals surface area (Å²) in [5, 5.41) is 0. The lowest BCUT2D eigenvalue weighted by Gasteiger charge is -1.87. The number of allylic oxidation sites excluding steroid dienone is 4. The van der Waals surface area contributed by atoms with Crippen molar-refractivity contribution in [2.24, 2.45) is 0 Å². The second kappa shape index (κ2) is 2.28. The summed E-state index contributed by atoms with van der Waals surface area (Å²) in [6.45, 7) is 2.14. The van der Waals surface area contributed by atoms with Crippen LogP contribution in [0.2, 0.25) is 0 Å². The summed E-state index contributed by atoms with van der Waals surface area (Å²) in [6, 6.07) is 0. The van der Waals surface area contributed by atoms with Crippen LogP contribution in [0.5, 0.6) is 0 Å². The van der Waals surface area contributed by atoms with Gasteiger partial charge in [-0.1, -0.05) is 22.0 Å². The van der Waals surface area contributed by atoms with Crippen molar-refractivity contribution in [3.8, 4) is 0 Å². The number of fused-ring (bicyclic) bond motifs is 1. The third-order valence-electron chi connectivity index (χ3n) is 1.64. The van der Waals surface area contributed by atoms with Crippen LogP contribution < -0.4 is 0 Å². The topological polar surface area (TPSA) is 0 Å². The maximum absolute atomic E-state index is 3.55. The van der Waals surface area contributed by atoms with Crippen LogP contribution in [-0.4, -0.2) is 5.75 Å². The van der Waals surface area contributed by atoms with Gasteiger partial charge in [-0.2, -0.15) is 0 Å². The van der Waals surface area contributed by atoms with E-state index in [4.69, 9.17) is 0 Å². The lowest BCUT2D eigenvalue weighted by molar-refractivity contribution is 1.55. The van der Waals surface area contributed by atoms with Crippen LogP contribution in [-0.2, 0) is 0 Å². The molecule has 52 valence electrons. The highest BCUT2D eigenvalue weighted by atomic mass is 79.9. The van der Waals surface area contributed by atoms with E-state index in [0.29, 0.717) is 0 Å². The Hall–Kier alpha value is 0.0500. The summed E-state index contributed by atoms with van der Waals surface area (Å²) < 4.78 is 1.35. The van der Waals surface area contributed by atoms with Crippen LogP contribution in [0, 0.1) is 0 Å². The summed E-state index contributed by atoms with van der Waals surface area (Å²) in [5.41, 5.74) is 2.77. The molecule has 0 saturated carbocycles. The third-order valence-corrected chi connectivity index (χ3v) is 3.80. The maximum atomic E-state index is 3.55.